The van der Waals surface area contributed by atoms with Crippen LogP contribution in [0.25, 0.3) is 0 Å². The first kappa shape index (κ1) is 16.4. The number of carbonyl (C=O) groups excluding carboxylic acids is 2. The predicted molar refractivity (Wildman–Crippen MR) is 75.6 cm³/mol. The fourth-order valence-corrected chi connectivity index (χ4v) is 0.821. The summed E-state index contributed by atoms with van der Waals surface area (Å²) in [6.07, 6.45) is 0. The van der Waals surface area contributed by atoms with Gasteiger partial charge >= 0.3 is 0 Å². The highest BCUT2D eigenvalue weighted by Gasteiger charge is 2.01. The van der Waals surface area contributed by atoms with Crippen LogP contribution in [-0.2, 0) is 9.59 Å². The first-order valence-corrected chi connectivity index (χ1v) is 5.45. The number of hydrogen-bond acceptors (Lipinski definition) is 3. The Morgan fingerprint density at radius 2 is 1.74 bits per heavy atom. The smallest absolute Gasteiger partial charge is 0.250 e. The number of anilines is 1. The van der Waals surface area contributed by atoms with E-state index in [1.165, 1.54) is 12.1 Å². The molecule has 0 aromatic heterocycles. The lowest BCUT2D eigenvalue weighted by atomic mass is 10.2. The zero-order valence-corrected chi connectivity index (χ0v) is 11.1. The summed E-state index contributed by atoms with van der Waals surface area (Å²) in [7, 11) is 0. The molecule has 1 rings (SSSR count). The van der Waals surface area contributed by atoms with Gasteiger partial charge in [-0.15, -0.1) is 0 Å². The maximum Gasteiger partial charge on any atom is 0.250 e. The molecular formula is C14H18N2O3. The average molecular weight is 262 g/mol. The van der Waals surface area contributed by atoms with E-state index < -0.39 is 5.91 Å². The average Bonchev–Trinajstić information content (AvgIpc) is 2.29. The molecule has 0 saturated carbocycles. The third kappa shape index (κ3) is 7.38. The standard InChI is InChI=1S/C10H11NO2.C4H7NO/c1-7(2)10(13)11-8-4-3-5-9(12)6-8;1-3(2)4(5)6/h3-6,12H,1H2,2H3,(H,11,13);1H2,2H3,(H2,5,6). The summed E-state index contributed by atoms with van der Waals surface area (Å²) in [5.41, 5.74) is 6.09. The molecule has 1 aromatic carbocycles. The van der Waals surface area contributed by atoms with E-state index >= 15 is 0 Å². The molecule has 0 bridgehead atoms. The number of rotatable bonds is 3. The van der Waals surface area contributed by atoms with E-state index in [2.05, 4.69) is 18.5 Å². The van der Waals surface area contributed by atoms with Gasteiger partial charge in [-0.3, -0.25) is 9.59 Å². The maximum atomic E-state index is 11.1. The molecule has 0 unspecified atom stereocenters. The van der Waals surface area contributed by atoms with Crippen LogP contribution in [-0.4, -0.2) is 16.9 Å². The zero-order chi connectivity index (χ0) is 15.0. The van der Waals surface area contributed by atoms with Gasteiger partial charge < -0.3 is 16.2 Å². The molecule has 102 valence electrons. The fourth-order valence-electron chi connectivity index (χ4n) is 0.821. The summed E-state index contributed by atoms with van der Waals surface area (Å²) in [6.45, 7) is 9.97. The summed E-state index contributed by atoms with van der Waals surface area (Å²) in [5, 5.41) is 11.7. The van der Waals surface area contributed by atoms with Crippen LogP contribution in [0.15, 0.2) is 48.6 Å². The zero-order valence-electron chi connectivity index (χ0n) is 11.1. The van der Waals surface area contributed by atoms with Crippen molar-refractivity contribution in [2.75, 3.05) is 5.32 Å². The number of phenols is 1. The predicted octanol–water partition coefficient (Wildman–Crippen LogP) is 1.95. The topological polar surface area (TPSA) is 92.4 Å². The number of carbonyl (C=O) groups is 2. The van der Waals surface area contributed by atoms with E-state index in [1.807, 2.05) is 0 Å². The van der Waals surface area contributed by atoms with Crippen LogP contribution in [0, 0.1) is 0 Å². The van der Waals surface area contributed by atoms with Gasteiger partial charge in [-0.05, 0) is 26.0 Å². The van der Waals surface area contributed by atoms with E-state index in [-0.39, 0.29) is 11.7 Å². The van der Waals surface area contributed by atoms with Gasteiger partial charge in [0.05, 0.1) is 0 Å². The second kappa shape index (κ2) is 7.71. The summed E-state index contributed by atoms with van der Waals surface area (Å²) < 4.78 is 0. The molecule has 0 aliphatic heterocycles. The minimum atomic E-state index is -0.435. The van der Waals surface area contributed by atoms with Crippen LogP contribution in [0.4, 0.5) is 5.69 Å². The SMILES string of the molecule is C=C(C)C(=O)Nc1cccc(O)c1.C=C(C)C(N)=O. The van der Waals surface area contributed by atoms with Crippen molar-refractivity contribution >= 4 is 17.5 Å². The van der Waals surface area contributed by atoms with Gasteiger partial charge in [0.15, 0.2) is 0 Å². The number of nitrogens with two attached hydrogens (primary N) is 1. The summed E-state index contributed by atoms with van der Waals surface area (Å²) >= 11 is 0. The van der Waals surface area contributed by atoms with E-state index in [0.717, 1.165) is 0 Å². The number of hydrogen-bond donors (Lipinski definition) is 3. The Bertz CT molecular complexity index is 495. The first-order valence-electron chi connectivity index (χ1n) is 5.45. The summed E-state index contributed by atoms with van der Waals surface area (Å²) in [6, 6.07) is 6.36. The molecule has 0 spiro atoms. The van der Waals surface area contributed by atoms with Crippen molar-refractivity contribution in [3.8, 4) is 5.75 Å². The third-order valence-corrected chi connectivity index (χ3v) is 1.91. The molecule has 5 nitrogen and oxygen atoms in total. The molecule has 4 N–H and O–H groups in total. The number of primary amides is 1. The monoisotopic (exact) mass is 262 g/mol. The lowest BCUT2D eigenvalue weighted by Crippen LogP contribution is -2.11. The second-order valence-electron chi connectivity index (χ2n) is 3.93. The molecule has 19 heavy (non-hydrogen) atoms. The van der Waals surface area contributed by atoms with E-state index in [9.17, 15) is 9.59 Å². The first-order chi connectivity index (χ1) is 8.73. The molecule has 0 fully saturated rings. The quantitative estimate of drug-likeness (QED) is 0.727. The lowest BCUT2D eigenvalue weighted by Gasteiger charge is -2.03. The number of phenolic OH excluding ortho intramolecular Hbond substituents is 1. The van der Waals surface area contributed by atoms with Crippen molar-refractivity contribution in [2.24, 2.45) is 5.73 Å². The van der Waals surface area contributed by atoms with Crippen molar-refractivity contribution in [1.29, 1.82) is 0 Å². The molecule has 5 heteroatoms. The molecular weight excluding hydrogens is 244 g/mol. The second-order valence-corrected chi connectivity index (χ2v) is 3.93. The van der Waals surface area contributed by atoms with Crippen molar-refractivity contribution in [3.05, 3.63) is 48.6 Å². The molecule has 1 aromatic rings. The van der Waals surface area contributed by atoms with Crippen molar-refractivity contribution in [2.45, 2.75) is 13.8 Å². The summed E-state index contributed by atoms with van der Waals surface area (Å²) in [4.78, 5) is 21.0. The number of benzene rings is 1. The van der Waals surface area contributed by atoms with Gasteiger partial charge in [-0.25, -0.2) is 0 Å². The molecule has 0 radical (unpaired) electrons. The van der Waals surface area contributed by atoms with Crippen LogP contribution in [0.1, 0.15) is 13.8 Å². The van der Waals surface area contributed by atoms with E-state index in [1.54, 1.807) is 26.0 Å². The molecule has 0 saturated heterocycles. The van der Waals surface area contributed by atoms with E-state index in [0.29, 0.717) is 16.8 Å². The highest BCUT2D eigenvalue weighted by atomic mass is 16.3. The van der Waals surface area contributed by atoms with Crippen LogP contribution < -0.4 is 11.1 Å². The van der Waals surface area contributed by atoms with Crippen LogP contribution >= 0.6 is 0 Å². The molecule has 0 heterocycles. The van der Waals surface area contributed by atoms with Crippen molar-refractivity contribution in [1.82, 2.24) is 0 Å². The lowest BCUT2D eigenvalue weighted by molar-refractivity contribution is -0.114. The van der Waals surface area contributed by atoms with E-state index in [4.69, 9.17) is 10.8 Å². The number of aromatic hydroxyl groups is 1. The van der Waals surface area contributed by atoms with Crippen LogP contribution in [0.5, 0.6) is 5.75 Å². The molecule has 2 amide bonds. The Morgan fingerprint density at radius 3 is 2.11 bits per heavy atom. The fraction of sp³-hybridized carbons (Fsp3) is 0.143. The number of amides is 2. The third-order valence-electron chi connectivity index (χ3n) is 1.91. The largest absolute Gasteiger partial charge is 0.508 e. The van der Waals surface area contributed by atoms with Gasteiger partial charge in [0.1, 0.15) is 5.75 Å². The molecule has 0 atom stereocenters. The minimum absolute atomic E-state index is 0.125. The van der Waals surface area contributed by atoms with Gasteiger partial charge in [0.25, 0.3) is 5.91 Å². The van der Waals surface area contributed by atoms with Crippen molar-refractivity contribution in [3.63, 3.8) is 0 Å². The normalized spacial score (nSPS) is 8.74. The Balaban J connectivity index is 0.000000459. The highest BCUT2D eigenvalue weighted by Crippen LogP contribution is 2.15. The Kier molecular flexibility index (Phi) is 6.67. The van der Waals surface area contributed by atoms with Gasteiger partial charge in [-0.2, -0.15) is 0 Å². The van der Waals surface area contributed by atoms with Crippen molar-refractivity contribution < 1.29 is 14.7 Å². The Morgan fingerprint density at radius 1 is 1.21 bits per heavy atom. The summed E-state index contributed by atoms with van der Waals surface area (Å²) in [5.74, 6) is -0.555. The Labute approximate surface area is 112 Å². The molecule has 0 aliphatic carbocycles. The molecule has 0 aliphatic rings. The minimum Gasteiger partial charge on any atom is -0.508 e. The van der Waals surface area contributed by atoms with Gasteiger partial charge in [0, 0.05) is 22.9 Å². The Hall–Kier alpha value is -2.56. The maximum absolute atomic E-state index is 11.1. The van der Waals surface area contributed by atoms with Gasteiger partial charge in [0.2, 0.25) is 5.91 Å². The van der Waals surface area contributed by atoms with Gasteiger partial charge in [-0.1, -0.05) is 19.2 Å². The highest BCUT2D eigenvalue weighted by molar-refractivity contribution is 6.02. The van der Waals surface area contributed by atoms with Crippen LogP contribution in [0.3, 0.4) is 0 Å². The van der Waals surface area contributed by atoms with Crippen LogP contribution in [0.2, 0.25) is 0 Å². The number of nitrogens with one attached hydrogen (secondary N) is 1.